The fraction of sp³-hybridized carbons (Fsp3) is 0.286. The maximum Gasteiger partial charge on any atom is 0.491 e. The SMILES string of the molecule is COc1cc(OC)c(C=CS(=O)(=O)Cc2ccc(OC)c(OC(=O)C(F)(F)F)c2)c(OC)c1. The highest BCUT2D eigenvalue weighted by molar-refractivity contribution is 7.93. The van der Waals surface area contributed by atoms with Gasteiger partial charge < -0.3 is 23.7 Å². The summed E-state index contributed by atoms with van der Waals surface area (Å²) >= 11 is 0. The molecule has 2 aromatic rings. The Morgan fingerprint density at radius 2 is 1.45 bits per heavy atom. The first kappa shape index (κ1) is 25.8. The monoisotopic (exact) mass is 490 g/mol. The summed E-state index contributed by atoms with van der Waals surface area (Å²) in [5.74, 6) is -2.76. The van der Waals surface area contributed by atoms with Gasteiger partial charge in [0, 0.05) is 17.5 Å². The van der Waals surface area contributed by atoms with E-state index in [1.165, 1.54) is 39.5 Å². The fourth-order valence-electron chi connectivity index (χ4n) is 2.70. The lowest BCUT2D eigenvalue weighted by Gasteiger charge is -2.13. The molecule has 12 heteroatoms. The van der Waals surface area contributed by atoms with E-state index in [-0.39, 0.29) is 11.3 Å². The van der Waals surface area contributed by atoms with Crippen LogP contribution in [-0.4, -0.2) is 49.0 Å². The van der Waals surface area contributed by atoms with Crippen molar-refractivity contribution >= 4 is 21.9 Å². The zero-order chi connectivity index (χ0) is 24.8. The van der Waals surface area contributed by atoms with Crippen LogP contribution in [0.3, 0.4) is 0 Å². The predicted octanol–water partition coefficient (Wildman–Crippen LogP) is 3.77. The van der Waals surface area contributed by atoms with Gasteiger partial charge >= 0.3 is 12.1 Å². The van der Waals surface area contributed by atoms with Gasteiger partial charge in [0.1, 0.15) is 17.2 Å². The molecule has 0 N–H and O–H groups in total. The third kappa shape index (κ3) is 6.78. The lowest BCUT2D eigenvalue weighted by atomic mass is 10.1. The molecule has 0 spiro atoms. The first-order chi connectivity index (χ1) is 15.4. The Morgan fingerprint density at radius 3 is 1.94 bits per heavy atom. The molecule has 0 amide bonds. The van der Waals surface area contributed by atoms with Gasteiger partial charge in [-0.05, 0) is 23.8 Å². The zero-order valence-electron chi connectivity index (χ0n) is 18.1. The summed E-state index contributed by atoms with van der Waals surface area (Å²) in [6.07, 6.45) is -3.97. The van der Waals surface area contributed by atoms with Gasteiger partial charge in [-0.15, -0.1) is 0 Å². The van der Waals surface area contributed by atoms with Gasteiger partial charge in [0.25, 0.3) is 0 Å². The summed E-state index contributed by atoms with van der Waals surface area (Å²) < 4.78 is 87.7. The van der Waals surface area contributed by atoms with Crippen LogP contribution >= 0.6 is 0 Å². The average Bonchev–Trinajstić information content (AvgIpc) is 2.76. The first-order valence-electron chi connectivity index (χ1n) is 9.10. The first-order valence-corrected chi connectivity index (χ1v) is 10.8. The third-order valence-corrected chi connectivity index (χ3v) is 5.51. The lowest BCUT2D eigenvalue weighted by Crippen LogP contribution is -2.28. The van der Waals surface area contributed by atoms with Crippen molar-refractivity contribution in [3.63, 3.8) is 0 Å². The van der Waals surface area contributed by atoms with E-state index in [2.05, 4.69) is 4.74 Å². The molecule has 180 valence electrons. The molecule has 0 atom stereocenters. The Bertz CT molecular complexity index is 1120. The Kier molecular flexibility index (Phi) is 8.20. The van der Waals surface area contributed by atoms with E-state index in [0.29, 0.717) is 22.8 Å². The maximum absolute atomic E-state index is 12.6. The van der Waals surface area contributed by atoms with Gasteiger partial charge in [0.05, 0.1) is 39.8 Å². The average molecular weight is 490 g/mol. The van der Waals surface area contributed by atoms with Crippen LogP contribution in [0.1, 0.15) is 11.1 Å². The normalized spacial score (nSPS) is 11.8. The number of alkyl halides is 3. The lowest BCUT2D eigenvalue weighted by molar-refractivity contribution is -0.189. The van der Waals surface area contributed by atoms with E-state index in [9.17, 15) is 26.4 Å². The fourth-order valence-corrected chi connectivity index (χ4v) is 3.78. The van der Waals surface area contributed by atoms with Gasteiger partial charge in [-0.3, -0.25) is 0 Å². The standard InChI is InChI=1S/C21H21F3O8S/c1-28-14-10-17(30-3)15(18(11-14)31-4)7-8-33(26,27)12-13-5-6-16(29-2)19(9-13)32-20(25)21(22,23)24/h5-11H,12H2,1-4H3. The summed E-state index contributed by atoms with van der Waals surface area (Å²) in [6.45, 7) is 0. The maximum atomic E-state index is 12.6. The van der Waals surface area contributed by atoms with E-state index in [1.54, 1.807) is 12.1 Å². The van der Waals surface area contributed by atoms with Crippen LogP contribution < -0.4 is 23.7 Å². The minimum atomic E-state index is -5.23. The van der Waals surface area contributed by atoms with Crippen molar-refractivity contribution < 1.29 is 50.1 Å². The van der Waals surface area contributed by atoms with Crippen LogP contribution in [0.5, 0.6) is 28.7 Å². The highest BCUT2D eigenvalue weighted by Crippen LogP contribution is 2.35. The van der Waals surface area contributed by atoms with Crippen molar-refractivity contribution in [3.8, 4) is 28.7 Å². The van der Waals surface area contributed by atoms with E-state index >= 15 is 0 Å². The minimum absolute atomic E-state index is 0.0686. The largest absolute Gasteiger partial charge is 0.496 e. The van der Waals surface area contributed by atoms with E-state index in [0.717, 1.165) is 18.6 Å². The van der Waals surface area contributed by atoms with Crippen LogP contribution in [-0.2, 0) is 20.4 Å². The highest BCUT2D eigenvalue weighted by Gasteiger charge is 2.41. The number of methoxy groups -OCH3 is 4. The number of hydrogen-bond acceptors (Lipinski definition) is 8. The molecule has 0 heterocycles. The summed E-state index contributed by atoms with van der Waals surface area (Å²) in [4.78, 5) is 11.2. The smallest absolute Gasteiger partial charge is 0.491 e. The van der Waals surface area contributed by atoms with Gasteiger partial charge in [-0.2, -0.15) is 13.2 Å². The number of hydrogen-bond donors (Lipinski definition) is 0. The Labute approximate surface area is 188 Å². The van der Waals surface area contributed by atoms with Crippen LogP contribution in [0.25, 0.3) is 6.08 Å². The molecular formula is C21H21F3O8S. The summed E-state index contributed by atoms with van der Waals surface area (Å²) in [7, 11) is 1.47. The van der Waals surface area contributed by atoms with Crippen LogP contribution in [0, 0.1) is 0 Å². The molecule has 0 fully saturated rings. The summed E-state index contributed by atoms with van der Waals surface area (Å²) in [5.41, 5.74) is 0.401. The number of carbonyl (C=O) groups is 1. The number of benzene rings is 2. The van der Waals surface area contributed by atoms with Crippen molar-refractivity contribution in [2.45, 2.75) is 11.9 Å². The van der Waals surface area contributed by atoms with E-state index in [1.807, 2.05) is 0 Å². The summed E-state index contributed by atoms with van der Waals surface area (Å²) in [6, 6.07) is 6.59. The minimum Gasteiger partial charge on any atom is -0.496 e. The molecule has 0 aliphatic carbocycles. The Balaban J connectivity index is 2.34. The van der Waals surface area contributed by atoms with Crippen molar-refractivity contribution in [1.82, 2.24) is 0 Å². The Hall–Kier alpha value is -3.41. The molecule has 0 aliphatic heterocycles. The Morgan fingerprint density at radius 1 is 0.879 bits per heavy atom. The van der Waals surface area contributed by atoms with Crippen LogP contribution in [0.4, 0.5) is 13.2 Å². The predicted molar refractivity (Wildman–Crippen MR) is 112 cm³/mol. The second kappa shape index (κ2) is 10.5. The molecule has 8 nitrogen and oxygen atoms in total. The van der Waals surface area contributed by atoms with Crippen LogP contribution in [0.15, 0.2) is 35.7 Å². The number of carbonyl (C=O) groups excluding carboxylic acids is 1. The molecule has 0 radical (unpaired) electrons. The second-order valence-corrected chi connectivity index (χ2v) is 8.31. The summed E-state index contributed by atoms with van der Waals surface area (Å²) in [5, 5.41) is 0.908. The molecule has 2 aromatic carbocycles. The number of esters is 1. The molecule has 0 bridgehead atoms. The number of halogens is 3. The van der Waals surface area contributed by atoms with Gasteiger partial charge in [0.15, 0.2) is 21.3 Å². The van der Waals surface area contributed by atoms with Gasteiger partial charge in [-0.25, -0.2) is 13.2 Å². The molecule has 0 aliphatic rings. The molecule has 33 heavy (non-hydrogen) atoms. The molecule has 0 unspecified atom stereocenters. The topological polar surface area (TPSA) is 97.4 Å². The van der Waals surface area contributed by atoms with E-state index in [4.69, 9.17) is 18.9 Å². The molecule has 0 saturated carbocycles. The van der Waals surface area contributed by atoms with Crippen molar-refractivity contribution in [3.05, 3.63) is 46.9 Å². The number of ether oxygens (including phenoxy) is 5. The number of rotatable bonds is 9. The van der Waals surface area contributed by atoms with Gasteiger partial charge in [0.2, 0.25) is 0 Å². The van der Waals surface area contributed by atoms with Crippen LogP contribution in [0.2, 0.25) is 0 Å². The third-order valence-electron chi connectivity index (χ3n) is 4.23. The van der Waals surface area contributed by atoms with Crippen molar-refractivity contribution in [2.75, 3.05) is 28.4 Å². The molecule has 2 rings (SSSR count). The van der Waals surface area contributed by atoms with E-state index < -0.39 is 33.5 Å². The van der Waals surface area contributed by atoms with Gasteiger partial charge in [-0.1, -0.05) is 6.07 Å². The molecule has 0 aromatic heterocycles. The zero-order valence-corrected chi connectivity index (χ0v) is 18.9. The molecule has 0 saturated heterocycles. The quantitative estimate of drug-likeness (QED) is 0.387. The van der Waals surface area contributed by atoms with Crippen molar-refractivity contribution in [1.29, 1.82) is 0 Å². The number of sulfone groups is 1. The highest BCUT2D eigenvalue weighted by atomic mass is 32.2. The molecular weight excluding hydrogens is 469 g/mol. The van der Waals surface area contributed by atoms with Crippen molar-refractivity contribution in [2.24, 2.45) is 0 Å². The second-order valence-electron chi connectivity index (χ2n) is 6.43.